The van der Waals surface area contributed by atoms with Gasteiger partial charge in [-0.1, -0.05) is 34.8 Å². The zero-order valence-electron chi connectivity index (χ0n) is 20.5. The number of aryl methyl sites for hydroxylation is 2. The first-order valence-corrected chi connectivity index (χ1v) is 13.6. The molecule has 1 fully saturated rings. The topological polar surface area (TPSA) is 136 Å². The first kappa shape index (κ1) is 25.0. The molecule has 12 heteroatoms. The summed E-state index contributed by atoms with van der Waals surface area (Å²) in [6.07, 6.45) is 6.69. The van der Waals surface area contributed by atoms with Crippen LogP contribution in [0.3, 0.4) is 0 Å². The smallest absolute Gasteiger partial charge is 0.232 e. The third kappa shape index (κ3) is 6.77. The second-order valence-corrected chi connectivity index (χ2v) is 11.4. The van der Waals surface area contributed by atoms with Crippen molar-refractivity contribution in [3.05, 3.63) is 69.2 Å². The Kier molecular flexibility index (Phi) is 7.56. The van der Waals surface area contributed by atoms with Crippen molar-refractivity contribution in [1.82, 2.24) is 30.4 Å². The standard InChI is InChI=1S/C25H26N8O2S2/c1-14-3-5-18(26-12-14)10-20(34)28-24-32-30-22(36-24)9-16-7-17(8-16)23-31-33-25(37-23)29-21(35)11-19-6-4-15(2)13-27-19/h3-6,12-13,16-17H,7-11H2,1-2H3,(H,28,32,34)(H,29,33,35)/t16-,17+. The van der Waals surface area contributed by atoms with Gasteiger partial charge in [0, 0.05) is 36.1 Å². The van der Waals surface area contributed by atoms with Crippen LogP contribution in [0.2, 0.25) is 0 Å². The minimum Gasteiger partial charge on any atom is -0.300 e. The molecule has 2 N–H and O–H groups in total. The van der Waals surface area contributed by atoms with E-state index in [-0.39, 0.29) is 24.7 Å². The van der Waals surface area contributed by atoms with Crippen molar-refractivity contribution in [2.24, 2.45) is 5.92 Å². The molecule has 0 unspecified atom stereocenters. The van der Waals surface area contributed by atoms with Crippen LogP contribution in [-0.2, 0) is 28.9 Å². The Morgan fingerprint density at radius 1 is 0.811 bits per heavy atom. The van der Waals surface area contributed by atoms with Crippen LogP contribution in [0, 0.1) is 19.8 Å². The van der Waals surface area contributed by atoms with E-state index in [0.717, 1.165) is 51.8 Å². The molecule has 1 saturated carbocycles. The number of amides is 2. The van der Waals surface area contributed by atoms with Crippen molar-refractivity contribution in [2.45, 2.75) is 51.9 Å². The predicted octanol–water partition coefficient (Wildman–Crippen LogP) is 3.90. The van der Waals surface area contributed by atoms with Gasteiger partial charge in [0.05, 0.1) is 12.8 Å². The average Bonchev–Trinajstić information content (AvgIpc) is 3.48. The Balaban J connectivity index is 1.05. The molecule has 0 saturated heterocycles. The van der Waals surface area contributed by atoms with Crippen molar-refractivity contribution < 1.29 is 9.59 Å². The number of aromatic nitrogens is 6. The molecule has 2 amide bonds. The van der Waals surface area contributed by atoms with Crippen molar-refractivity contribution in [3.63, 3.8) is 0 Å². The molecule has 0 spiro atoms. The zero-order valence-corrected chi connectivity index (χ0v) is 22.1. The highest BCUT2D eigenvalue weighted by Crippen LogP contribution is 2.44. The second kappa shape index (κ2) is 11.2. The maximum Gasteiger partial charge on any atom is 0.232 e. The number of carbonyl (C=O) groups excluding carboxylic acids is 2. The Hall–Kier alpha value is -3.64. The highest BCUT2D eigenvalue weighted by Gasteiger charge is 2.34. The maximum atomic E-state index is 12.3. The second-order valence-electron chi connectivity index (χ2n) is 9.29. The summed E-state index contributed by atoms with van der Waals surface area (Å²) in [6, 6.07) is 7.58. The van der Waals surface area contributed by atoms with Crippen LogP contribution in [0.25, 0.3) is 0 Å². The van der Waals surface area contributed by atoms with Gasteiger partial charge in [-0.15, -0.1) is 20.4 Å². The summed E-state index contributed by atoms with van der Waals surface area (Å²) in [7, 11) is 0. The lowest BCUT2D eigenvalue weighted by Gasteiger charge is -2.32. The van der Waals surface area contributed by atoms with Crippen LogP contribution in [0.1, 0.15) is 51.3 Å². The van der Waals surface area contributed by atoms with Crippen LogP contribution in [0.5, 0.6) is 0 Å². The molecule has 0 aromatic carbocycles. The lowest BCUT2D eigenvalue weighted by atomic mass is 9.74. The van der Waals surface area contributed by atoms with Crippen LogP contribution < -0.4 is 10.6 Å². The molecule has 4 heterocycles. The Morgan fingerprint density at radius 2 is 1.38 bits per heavy atom. The SMILES string of the molecule is Cc1ccc(CC(=O)Nc2nnc(C[C@H]3C[C@@H](c4nnc(NC(=O)Cc5ccc(C)cn5)s4)C3)s2)nc1. The van der Waals surface area contributed by atoms with E-state index in [1.807, 2.05) is 38.1 Å². The number of hydrogen-bond acceptors (Lipinski definition) is 10. The molecule has 0 atom stereocenters. The van der Waals surface area contributed by atoms with Crippen LogP contribution in [-0.4, -0.2) is 42.2 Å². The van der Waals surface area contributed by atoms with Crippen LogP contribution >= 0.6 is 22.7 Å². The molecule has 4 aromatic heterocycles. The third-order valence-electron chi connectivity index (χ3n) is 6.08. The van der Waals surface area contributed by atoms with E-state index in [2.05, 4.69) is 41.0 Å². The normalized spacial score (nSPS) is 16.7. The zero-order chi connectivity index (χ0) is 25.8. The Morgan fingerprint density at radius 3 is 1.95 bits per heavy atom. The van der Waals surface area contributed by atoms with Gasteiger partial charge >= 0.3 is 0 Å². The number of pyridine rings is 2. The number of hydrogen-bond donors (Lipinski definition) is 2. The molecule has 190 valence electrons. The predicted molar refractivity (Wildman–Crippen MR) is 142 cm³/mol. The highest BCUT2D eigenvalue weighted by atomic mass is 32.1. The highest BCUT2D eigenvalue weighted by molar-refractivity contribution is 7.15. The van der Waals surface area contributed by atoms with E-state index in [4.69, 9.17) is 0 Å². The summed E-state index contributed by atoms with van der Waals surface area (Å²) >= 11 is 2.83. The Labute approximate surface area is 222 Å². The quantitative estimate of drug-likeness (QED) is 0.330. The van der Waals surface area contributed by atoms with Crippen molar-refractivity contribution in [1.29, 1.82) is 0 Å². The number of nitrogens with zero attached hydrogens (tertiary/aromatic N) is 6. The van der Waals surface area contributed by atoms with E-state index in [9.17, 15) is 9.59 Å². The van der Waals surface area contributed by atoms with E-state index in [0.29, 0.717) is 22.1 Å². The third-order valence-corrected chi connectivity index (χ3v) is 7.94. The molecular formula is C25H26N8O2S2. The minimum atomic E-state index is -0.156. The lowest BCUT2D eigenvalue weighted by molar-refractivity contribution is -0.116. The molecule has 0 bridgehead atoms. The molecule has 1 aliphatic carbocycles. The van der Waals surface area contributed by atoms with Gasteiger partial charge in [-0.05, 0) is 55.9 Å². The van der Waals surface area contributed by atoms with Crippen LogP contribution in [0.15, 0.2) is 36.7 Å². The van der Waals surface area contributed by atoms with E-state index in [1.54, 1.807) is 12.4 Å². The van der Waals surface area contributed by atoms with Crippen molar-refractivity contribution in [3.8, 4) is 0 Å². The van der Waals surface area contributed by atoms with Gasteiger partial charge in [0.15, 0.2) is 0 Å². The first-order valence-electron chi connectivity index (χ1n) is 12.0. The summed E-state index contributed by atoms with van der Waals surface area (Å²) < 4.78 is 0. The number of anilines is 2. The van der Waals surface area contributed by atoms with Gasteiger partial charge in [-0.3, -0.25) is 19.6 Å². The Bertz CT molecular complexity index is 1380. The fourth-order valence-corrected chi connectivity index (χ4v) is 5.81. The largest absolute Gasteiger partial charge is 0.300 e. The monoisotopic (exact) mass is 534 g/mol. The van der Waals surface area contributed by atoms with E-state index in [1.165, 1.54) is 22.7 Å². The fraction of sp³-hybridized carbons (Fsp3) is 0.360. The van der Waals surface area contributed by atoms with E-state index >= 15 is 0 Å². The number of nitrogens with one attached hydrogen (secondary N) is 2. The lowest BCUT2D eigenvalue weighted by Crippen LogP contribution is -2.23. The molecule has 10 nitrogen and oxygen atoms in total. The number of rotatable bonds is 9. The van der Waals surface area contributed by atoms with Gasteiger partial charge in [-0.25, -0.2) is 0 Å². The molecule has 0 aliphatic heterocycles. The van der Waals surface area contributed by atoms with Crippen molar-refractivity contribution >= 4 is 44.8 Å². The summed E-state index contributed by atoms with van der Waals surface area (Å²) in [5, 5.41) is 25.3. The van der Waals surface area contributed by atoms with Gasteiger partial charge in [-0.2, -0.15) is 0 Å². The molecule has 0 radical (unpaired) electrons. The number of carbonyl (C=O) groups is 2. The summed E-state index contributed by atoms with van der Waals surface area (Å²) in [6.45, 7) is 3.92. The molecule has 5 rings (SSSR count). The van der Waals surface area contributed by atoms with Crippen LogP contribution in [0.4, 0.5) is 10.3 Å². The summed E-state index contributed by atoms with van der Waals surface area (Å²) in [5.41, 5.74) is 3.55. The summed E-state index contributed by atoms with van der Waals surface area (Å²) in [4.78, 5) is 33.1. The van der Waals surface area contributed by atoms with Gasteiger partial charge < -0.3 is 10.6 Å². The van der Waals surface area contributed by atoms with E-state index < -0.39 is 0 Å². The molecular weight excluding hydrogens is 508 g/mol. The molecule has 4 aromatic rings. The molecule has 37 heavy (non-hydrogen) atoms. The summed E-state index contributed by atoms with van der Waals surface area (Å²) in [5.74, 6) is 0.505. The minimum absolute atomic E-state index is 0.153. The van der Waals surface area contributed by atoms with Gasteiger partial charge in [0.1, 0.15) is 10.0 Å². The first-order chi connectivity index (χ1) is 17.9. The average molecular weight is 535 g/mol. The van der Waals surface area contributed by atoms with Gasteiger partial charge in [0.2, 0.25) is 22.1 Å². The maximum absolute atomic E-state index is 12.3. The van der Waals surface area contributed by atoms with Crippen molar-refractivity contribution in [2.75, 3.05) is 10.6 Å². The molecule has 1 aliphatic rings. The fourth-order valence-electron chi connectivity index (χ4n) is 4.05. The van der Waals surface area contributed by atoms with Gasteiger partial charge in [0.25, 0.3) is 0 Å².